The van der Waals surface area contributed by atoms with E-state index in [9.17, 15) is 5.26 Å². The highest BCUT2D eigenvalue weighted by Gasteiger charge is 2.43. The molecule has 1 saturated heterocycles. The molecule has 0 aromatic carbocycles. The normalized spacial score (nSPS) is 23.4. The SMILES string of the molecule is C[C@H]1C[NH2+]CCN1c1nccc(-c2noc([C@@]3(C)CCCc4sc(N)c(C#N)c43)n2)n1. The monoisotopic (exact) mass is 437 g/mol. The molecule has 0 spiro atoms. The van der Waals surface area contributed by atoms with Gasteiger partial charge in [0.15, 0.2) is 0 Å². The molecule has 3 aromatic rings. The number of nitrogen functional groups attached to an aromatic ring is 1. The quantitative estimate of drug-likeness (QED) is 0.629. The molecule has 160 valence electrons. The van der Waals surface area contributed by atoms with Crippen molar-refractivity contribution >= 4 is 22.3 Å². The summed E-state index contributed by atoms with van der Waals surface area (Å²) < 4.78 is 5.75. The molecule has 3 aromatic heterocycles. The molecule has 1 aliphatic carbocycles. The van der Waals surface area contributed by atoms with Crippen LogP contribution in [0.4, 0.5) is 10.9 Å². The van der Waals surface area contributed by atoms with Gasteiger partial charge in [0, 0.05) is 16.6 Å². The van der Waals surface area contributed by atoms with E-state index in [0.717, 1.165) is 49.3 Å². The van der Waals surface area contributed by atoms with Gasteiger partial charge in [-0.3, -0.25) is 0 Å². The molecule has 0 radical (unpaired) electrons. The van der Waals surface area contributed by atoms with Gasteiger partial charge in [0.2, 0.25) is 17.7 Å². The van der Waals surface area contributed by atoms with Crippen LogP contribution in [-0.4, -0.2) is 45.8 Å². The number of aryl methyl sites for hydroxylation is 1. The van der Waals surface area contributed by atoms with Gasteiger partial charge in [0.25, 0.3) is 0 Å². The fourth-order valence-electron chi connectivity index (χ4n) is 4.71. The van der Waals surface area contributed by atoms with E-state index in [2.05, 4.69) is 40.3 Å². The van der Waals surface area contributed by atoms with Gasteiger partial charge in [-0.15, -0.1) is 11.3 Å². The van der Waals surface area contributed by atoms with E-state index in [-0.39, 0.29) is 0 Å². The molecule has 2 aliphatic rings. The molecule has 2 atom stereocenters. The number of hydrogen-bond donors (Lipinski definition) is 2. The van der Waals surface area contributed by atoms with Crippen molar-refractivity contribution in [3.63, 3.8) is 0 Å². The van der Waals surface area contributed by atoms with Crippen molar-refractivity contribution in [1.82, 2.24) is 20.1 Å². The number of thiophene rings is 1. The third-order valence-electron chi connectivity index (χ3n) is 6.39. The van der Waals surface area contributed by atoms with Gasteiger partial charge in [-0.25, -0.2) is 9.97 Å². The molecule has 10 heteroatoms. The molecule has 1 fully saturated rings. The molecule has 31 heavy (non-hydrogen) atoms. The first-order chi connectivity index (χ1) is 15.0. The van der Waals surface area contributed by atoms with Crippen molar-refractivity contribution in [1.29, 1.82) is 5.26 Å². The zero-order valence-electron chi connectivity index (χ0n) is 17.6. The van der Waals surface area contributed by atoms with Crippen LogP contribution in [0.5, 0.6) is 0 Å². The second-order valence-electron chi connectivity index (χ2n) is 8.46. The molecular weight excluding hydrogens is 412 g/mol. The van der Waals surface area contributed by atoms with E-state index >= 15 is 0 Å². The summed E-state index contributed by atoms with van der Waals surface area (Å²) in [4.78, 5) is 17.3. The number of nitrogens with zero attached hydrogens (tertiary/aromatic N) is 6. The van der Waals surface area contributed by atoms with Crippen LogP contribution in [0.15, 0.2) is 16.8 Å². The van der Waals surface area contributed by atoms with Crippen molar-refractivity contribution in [2.24, 2.45) is 0 Å². The molecule has 5 rings (SSSR count). The third-order valence-corrected chi connectivity index (χ3v) is 7.47. The van der Waals surface area contributed by atoms with E-state index in [1.54, 1.807) is 12.3 Å². The largest absolute Gasteiger partial charge is 0.389 e. The van der Waals surface area contributed by atoms with Gasteiger partial charge < -0.3 is 20.5 Å². The summed E-state index contributed by atoms with van der Waals surface area (Å²) in [6, 6.07) is 4.44. The van der Waals surface area contributed by atoms with Gasteiger partial charge in [-0.1, -0.05) is 5.16 Å². The smallest absolute Gasteiger partial charge is 0.237 e. The van der Waals surface area contributed by atoms with E-state index in [1.807, 2.05) is 0 Å². The number of rotatable bonds is 3. The van der Waals surface area contributed by atoms with Crippen LogP contribution in [0, 0.1) is 11.3 Å². The summed E-state index contributed by atoms with van der Waals surface area (Å²) in [7, 11) is 0. The summed E-state index contributed by atoms with van der Waals surface area (Å²) in [5.41, 5.74) is 7.71. The number of nitrogens with two attached hydrogens (primary N) is 2. The maximum absolute atomic E-state index is 9.69. The molecular formula is C21H25N8OS+. The second-order valence-corrected chi connectivity index (χ2v) is 9.59. The Kier molecular flexibility index (Phi) is 4.87. The Hall–Kier alpha value is -3.03. The first-order valence-electron chi connectivity index (χ1n) is 10.6. The average molecular weight is 438 g/mol. The Balaban J connectivity index is 1.51. The molecule has 1 aliphatic heterocycles. The summed E-state index contributed by atoms with van der Waals surface area (Å²) in [5.74, 6) is 1.62. The Morgan fingerprint density at radius 3 is 3.10 bits per heavy atom. The molecule has 0 amide bonds. The zero-order valence-corrected chi connectivity index (χ0v) is 18.4. The van der Waals surface area contributed by atoms with Crippen LogP contribution in [0.3, 0.4) is 0 Å². The lowest BCUT2D eigenvalue weighted by Crippen LogP contribution is -2.91. The van der Waals surface area contributed by atoms with E-state index in [4.69, 9.17) is 20.2 Å². The number of fused-ring (bicyclic) bond motifs is 1. The average Bonchev–Trinajstić information content (AvgIpc) is 3.40. The van der Waals surface area contributed by atoms with Crippen LogP contribution in [-0.2, 0) is 11.8 Å². The van der Waals surface area contributed by atoms with Crippen LogP contribution in [0.25, 0.3) is 11.5 Å². The minimum absolute atomic E-state index is 0.359. The van der Waals surface area contributed by atoms with Gasteiger partial charge in [-0.2, -0.15) is 10.2 Å². The van der Waals surface area contributed by atoms with E-state index in [0.29, 0.717) is 40.0 Å². The first-order valence-corrected chi connectivity index (χ1v) is 11.4. The van der Waals surface area contributed by atoms with Crippen molar-refractivity contribution in [2.75, 3.05) is 30.3 Å². The highest BCUT2D eigenvalue weighted by Crippen LogP contribution is 2.48. The Morgan fingerprint density at radius 1 is 1.42 bits per heavy atom. The fraction of sp³-hybridized carbons (Fsp3) is 0.476. The number of nitriles is 1. The topological polar surface area (TPSA) is 134 Å². The van der Waals surface area contributed by atoms with Gasteiger partial charge in [-0.05, 0) is 39.2 Å². The Labute approximate surface area is 184 Å². The predicted molar refractivity (Wildman–Crippen MR) is 117 cm³/mol. The second kappa shape index (κ2) is 7.59. The van der Waals surface area contributed by atoms with Crippen molar-refractivity contribution < 1.29 is 9.84 Å². The van der Waals surface area contributed by atoms with E-state index < -0.39 is 5.41 Å². The number of aromatic nitrogens is 4. The van der Waals surface area contributed by atoms with Crippen molar-refractivity contribution in [3.8, 4) is 17.6 Å². The molecule has 0 saturated carbocycles. The number of quaternary nitrogens is 1. The van der Waals surface area contributed by atoms with E-state index in [1.165, 1.54) is 11.3 Å². The lowest BCUT2D eigenvalue weighted by atomic mass is 9.72. The summed E-state index contributed by atoms with van der Waals surface area (Å²) in [6.45, 7) is 7.19. The van der Waals surface area contributed by atoms with Crippen molar-refractivity contribution in [3.05, 3.63) is 34.2 Å². The van der Waals surface area contributed by atoms with Gasteiger partial charge in [0.1, 0.15) is 16.8 Å². The summed E-state index contributed by atoms with van der Waals surface area (Å²) >= 11 is 1.50. The number of hydrogen-bond acceptors (Lipinski definition) is 9. The first kappa shape index (κ1) is 19.9. The fourth-order valence-corrected chi connectivity index (χ4v) is 5.90. The molecule has 0 unspecified atom stereocenters. The van der Waals surface area contributed by atoms with Crippen LogP contribution >= 0.6 is 11.3 Å². The van der Waals surface area contributed by atoms with Gasteiger partial charge >= 0.3 is 0 Å². The van der Waals surface area contributed by atoms with Crippen LogP contribution in [0.2, 0.25) is 0 Å². The molecule has 9 nitrogen and oxygen atoms in total. The standard InChI is InChI=1S/C21H24N8OS/c1-12-11-24-8-9-29(12)20-25-7-5-14(26-20)18-27-19(30-28-18)21(2)6-3-4-15-16(21)13(10-22)17(23)31-15/h5,7,12,24H,3-4,6,8-9,11,23H2,1-2H3/p+1/t12-,21-/m0/s1. The maximum Gasteiger partial charge on any atom is 0.237 e. The number of piperazine rings is 1. The Bertz CT molecular complexity index is 1160. The summed E-state index contributed by atoms with van der Waals surface area (Å²) in [5, 5.41) is 16.8. The van der Waals surface area contributed by atoms with Gasteiger partial charge in [0.05, 0.1) is 36.7 Å². The molecule has 4 heterocycles. The minimum atomic E-state index is -0.537. The predicted octanol–water partition coefficient (Wildman–Crippen LogP) is 1.46. The maximum atomic E-state index is 9.69. The lowest BCUT2D eigenvalue weighted by Gasteiger charge is -2.31. The number of anilines is 2. The lowest BCUT2D eigenvalue weighted by molar-refractivity contribution is -0.659. The minimum Gasteiger partial charge on any atom is -0.389 e. The van der Waals surface area contributed by atoms with Crippen LogP contribution in [0.1, 0.15) is 48.6 Å². The zero-order chi connectivity index (χ0) is 21.6. The summed E-state index contributed by atoms with van der Waals surface area (Å²) in [6.07, 6.45) is 4.46. The highest BCUT2D eigenvalue weighted by atomic mass is 32.1. The Morgan fingerprint density at radius 2 is 2.29 bits per heavy atom. The van der Waals surface area contributed by atoms with Crippen LogP contribution < -0.4 is 16.0 Å². The van der Waals surface area contributed by atoms with Crippen molar-refractivity contribution in [2.45, 2.75) is 44.6 Å². The third kappa shape index (κ3) is 3.25. The molecule has 4 N–H and O–H groups in total. The molecule has 0 bridgehead atoms. The highest BCUT2D eigenvalue weighted by molar-refractivity contribution is 7.16.